The molecule has 1 N–H and O–H groups in total. The van der Waals surface area contributed by atoms with Gasteiger partial charge in [0.05, 0.1) is 13.1 Å². The van der Waals surface area contributed by atoms with Gasteiger partial charge in [-0.3, -0.25) is 14.5 Å². The molecular formula is C17H29N3O2. The predicted octanol–water partition coefficient (Wildman–Crippen LogP) is 1.38. The Hall–Kier alpha value is -1.10. The van der Waals surface area contributed by atoms with Crippen LogP contribution in [0.15, 0.2) is 0 Å². The monoisotopic (exact) mass is 307 g/mol. The first-order valence-electron chi connectivity index (χ1n) is 9.01. The van der Waals surface area contributed by atoms with Gasteiger partial charge in [0.1, 0.15) is 0 Å². The Balaban J connectivity index is 1.49. The van der Waals surface area contributed by atoms with Gasteiger partial charge in [0.2, 0.25) is 11.8 Å². The highest BCUT2D eigenvalue weighted by Gasteiger charge is 2.31. The molecule has 1 saturated carbocycles. The molecule has 0 aromatic rings. The van der Waals surface area contributed by atoms with Gasteiger partial charge in [-0.05, 0) is 31.7 Å². The van der Waals surface area contributed by atoms with E-state index in [0.29, 0.717) is 25.7 Å². The van der Waals surface area contributed by atoms with Gasteiger partial charge in [-0.2, -0.15) is 0 Å². The number of carbonyl (C=O) groups excluding carboxylic acids is 2. The molecule has 2 aliphatic heterocycles. The van der Waals surface area contributed by atoms with Crippen LogP contribution in [0.5, 0.6) is 0 Å². The third-order valence-corrected chi connectivity index (χ3v) is 5.56. The van der Waals surface area contributed by atoms with Crippen LogP contribution in [0.2, 0.25) is 0 Å². The quantitative estimate of drug-likeness (QED) is 0.854. The zero-order valence-electron chi connectivity index (χ0n) is 13.6. The Morgan fingerprint density at radius 2 is 1.91 bits per heavy atom. The van der Waals surface area contributed by atoms with Crippen LogP contribution in [0, 0.1) is 5.92 Å². The lowest BCUT2D eigenvalue weighted by atomic mass is 9.84. The normalized spacial score (nSPS) is 27.9. The summed E-state index contributed by atoms with van der Waals surface area (Å²) in [5, 5.41) is 2.78. The molecule has 0 aromatic heterocycles. The van der Waals surface area contributed by atoms with Crippen LogP contribution in [-0.4, -0.2) is 60.4 Å². The van der Waals surface area contributed by atoms with Crippen LogP contribution < -0.4 is 5.32 Å². The van der Waals surface area contributed by atoms with Crippen LogP contribution in [-0.2, 0) is 9.59 Å². The van der Waals surface area contributed by atoms with Crippen molar-refractivity contribution >= 4 is 11.8 Å². The molecule has 1 unspecified atom stereocenters. The summed E-state index contributed by atoms with van der Waals surface area (Å²) in [7, 11) is 0. The van der Waals surface area contributed by atoms with Gasteiger partial charge in [-0.1, -0.05) is 32.1 Å². The fraction of sp³-hybridized carbons (Fsp3) is 0.882. The number of nitrogens with zero attached hydrogens (tertiary/aromatic N) is 2. The smallest absolute Gasteiger partial charge is 0.239 e. The number of amides is 2. The van der Waals surface area contributed by atoms with Crippen molar-refractivity contribution in [1.29, 1.82) is 0 Å². The Morgan fingerprint density at radius 1 is 1.09 bits per heavy atom. The highest BCUT2D eigenvalue weighted by atomic mass is 16.2. The maximum Gasteiger partial charge on any atom is 0.239 e. The van der Waals surface area contributed by atoms with E-state index in [1.165, 1.54) is 51.4 Å². The molecule has 3 fully saturated rings. The van der Waals surface area contributed by atoms with Crippen molar-refractivity contribution in [2.45, 2.75) is 57.4 Å². The van der Waals surface area contributed by atoms with Crippen LogP contribution in [0.1, 0.15) is 51.4 Å². The molecule has 2 heterocycles. The minimum absolute atomic E-state index is 0.0280. The number of hydrogen-bond donors (Lipinski definition) is 1. The number of hydrogen-bond acceptors (Lipinski definition) is 3. The molecule has 2 amide bonds. The molecule has 5 heteroatoms. The third kappa shape index (κ3) is 4.00. The van der Waals surface area contributed by atoms with Crippen LogP contribution in [0.25, 0.3) is 0 Å². The van der Waals surface area contributed by atoms with E-state index in [9.17, 15) is 9.59 Å². The van der Waals surface area contributed by atoms with Crippen molar-refractivity contribution in [3.8, 4) is 0 Å². The summed E-state index contributed by atoms with van der Waals surface area (Å²) in [6, 6.07) is 0.589. The summed E-state index contributed by atoms with van der Waals surface area (Å²) in [5.74, 6) is 0.973. The summed E-state index contributed by atoms with van der Waals surface area (Å²) in [6.07, 6.45) is 10.7. The summed E-state index contributed by atoms with van der Waals surface area (Å²) in [6.45, 7) is 3.04. The molecular weight excluding hydrogens is 278 g/mol. The molecule has 5 nitrogen and oxygen atoms in total. The maximum atomic E-state index is 12.4. The molecule has 1 atom stereocenters. The molecule has 3 aliphatic rings. The van der Waals surface area contributed by atoms with Gasteiger partial charge in [-0.15, -0.1) is 0 Å². The lowest BCUT2D eigenvalue weighted by Gasteiger charge is -2.32. The predicted molar refractivity (Wildman–Crippen MR) is 85.4 cm³/mol. The largest absolute Gasteiger partial charge is 0.353 e. The van der Waals surface area contributed by atoms with Crippen molar-refractivity contribution in [3.63, 3.8) is 0 Å². The van der Waals surface area contributed by atoms with E-state index in [4.69, 9.17) is 0 Å². The molecule has 0 spiro atoms. The maximum absolute atomic E-state index is 12.4. The van der Waals surface area contributed by atoms with Gasteiger partial charge in [0, 0.05) is 19.1 Å². The van der Waals surface area contributed by atoms with Crippen molar-refractivity contribution < 1.29 is 9.59 Å². The van der Waals surface area contributed by atoms with Gasteiger partial charge in [0.25, 0.3) is 0 Å². The Kier molecular flexibility index (Phi) is 5.34. The van der Waals surface area contributed by atoms with E-state index in [1.807, 2.05) is 0 Å². The highest BCUT2D eigenvalue weighted by Crippen LogP contribution is 2.31. The van der Waals surface area contributed by atoms with Crippen LogP contribution in [0.4, 0.5) is 0 Å². The lowest BCUT2D eigenvalue weighted by Crippen LogP contribution is -2.52. The fourth-order valence-corrected chi connectivity index (χ4v) is 4.30. The van der Waals surface area contributed by atoms with E-state index < -0.39 is 0 Å². The molecule has 3 rings (SSSR count). The van der Waals surface area contributed by atoms with E-state index in [1.54, 1.807) is 4.90 Å². The lowest BCUT2D eigenvalue weighted by molar-refractivity contribution is -0.139. The first-order valence-corrected chi connectivity index (χ1v) is 9.01. The van der Waals surface area contributed by atoms with Crippen molar-refractivity contribution in [2.24, 2.45) is 5.92 Å². The molecule has 0 radical (unpaired) electrons. The number of piperazine rings is 1. The van der Waals surface area contributed by atoms with Gasteiger partial charge >= 0.3 is 0 Å². The van der Waals surface area contributed by atoms with E-state index in [-0.39, 0.29) is 18.4 Å². The zero-order chi connectivity index (χ0) is 15.4. The van der Waals surface area contributed by atoms with Gasteiger partial charge in [-0.25, -0.2) is 0 Å². The average Bonchev–Trinajstić information content (AvgIpc) is 2.95. The molecule has 22 heavy (non-hydrogen) atoms. The van der Waals surface area contributed by atoms with Crippen molar-refractivity contribution in [2.75, 3.05) is 32.7 Å². The zero-order valence-corrected chi connectivity index (χ0v) is 13.6. The number of nitrogens with one attached hydrogen (secondary N) is 1. The molecule has 2 saturated heterocycles. The summed E-state index contributed by atoms with van der Waals surface area (Å²) in [5.41, 5.74) is 0. The van der Waals surface area contributed by atoms with E-state index in [0.717, 1.165) is 12.5 Å². The number of likely N-dealkylation sites (tertiary alicyclic amines) is 1. The van der Waals surface area contributed by atoms with Crippen molar-refractivity contribution in [3.05, 3.63) is 0 Å². The summed E-state index contributed by atoms with van der Waals surface area (Å²) in [4.78, 5) is 28.0. The Labute approximate surface area is 133 Å². The van der Waals surface area contributed by atoms with Crippen LogP contribution >= 0.6 is 0 Å². The standard InChI is InChI=1S/C17H29N3O2/c21-16-12-20(10-8-18-16)17(22)13-19-9-4-7-15(19)11-14-5-2-1-3-6-14/h14-15H,1-13H2,(H,18,21). The van der Waals surface area contributed by atoms with Gasteiger partial charge < -0.3 is 10.2 Å². The second-order valence-electron chi connectivity index (χ2n) is 7.17. The topological polar surface area (TPSA) is 52.7 Å². The Morgan fingerprint density at radius 3 is 2.68 bits per heavy atom. The van der Waals surface area contributed by atoms with Crippen LogP contribution in [0.3, 0.4) is 0 Å². The fourth-order valence-electron chi connectivity index (χ4n) is 4.30. The average molecular weight is 307 g/mol. The van der Waals surface area contributed by atoms with Crippen molar-refractivity contribution in [1.82, 2.24) is 15.1 Å². The number of rotatable bonds is 4. The third-order valence-electron chi connectivity index (χ3n) is 5.56. The number of carbonyl (C=O) groups is 2. The minimum Gasteiger partial charge on any atom is -0.353 e. The molecule has 124 valence electrons. The molecule has 0 bridgehead atoms. The summed E-state index contributed by atoms with van der Waals surface area (Å²) >= 11 is 0. The molecule has 0 aromatic carbocycles. The summed E-state index contributed by atoms with van der Waals surface area (Å²) < 4.78 is 0. The van der Waals surface area contributed by atoms with Gasteiger partial charge in [0.15, 0.2) is 0 Å². The molecule has 1 aliphatic carbocycles. The van der Waals surface area contributed by atoms with E-state index >= 15 is 0 Å². The second kappa shape index (κ2) is 7.44. The highest BCUT2D eigenvalue weighted by molar-refractivity contribution is 5.86. The minimum atomic E-state index is -0.0280. The van der Waals surface area contributed by atoms with E-state index in [2.05, 4.69) is 10.2 Å². The second-order valence-corrected chi connectivity index (χ2v) is 7.17. The Bertz CT molecular complexity index is 407. The SMILES string of the molecule is O=C1CN(C(=O)CN2CCCC2CC2CCCCC2)CCN1. The first-order chi connectivity index (χ1) is 10.7. The first kappa shape index (κ1) is 15.8.